The van der Waals surface area contributed by atoms with Crippen LogP contribution in [0.15, 0.2) is 267 Å². The van der Waals surface area contributed by atoms with E-state index in [1.165, 1.54) is 0 Å². The molecule has 4 atom stereocenters. The molecule has 12 heteroatoms. The van der Waals surface area contributed by atoms with Crippen LogP contribution in [0.1, 0.15) is 129 Å². The average molecular weight is 1550 g/mol. The molecule has 0 aromatic heterocycles. The van der Waals surface area contributed by atoms with Crippen molar-refractivity contribution >= 4 is 0 Å². The van der Waals surface area contributed by atoms with Gasteiger partial charge in [0.1, 0.15) is 0 Å². The zero-order valence-corrected chi connectivity index (χ0v) is 63.7. The van der Waals surface area contributed by atoms with Crippen molar-refractivity contribution in [3.8, 4) is 11.5 Å². The molecule has 0 amide bonds. The first-order chi connectivity index (χ1) is 46.8. The van der Waals surface area contributed by atoms with Crippen LogP contribution >= 0.6 is 0 Å². The van der Waals surface area contributed by atoms with Gasteiger partial charge in [-0.2, -0.15) is 0 Å². The Morgan fingerprint density at radius 1 is 0.276 bits per heavy atom. The maximum atomic E-state index is 15.2. The van der Waals surface area contributed by atoms with Crippen LogP contribution in [-0.4, -0.2) is 69.9 Å². The zero-order chi connectivity index (χ0) is 66.3. The smallest absolute Gasteiger partial charge is 0.872 e. The van der Waals surface area contributed by atoms with E-state index >= 15 is 20.4 Å². The molecule has 0 radical (unpaired) electrons. The fourth-order valence-corrected chi connectivity index (χ4v) is 16.8. The molecule has 10 aromatic carbocycles. The van der Waals surface area contributed by atoms with E-state index in [-0.39, 0.29) is 107 Å². The Bertz CT molecular complexity index is 3460. The van der Waals surface area contributed by atoms with Crippen molar-refractivity contribution in [2.75, 3.05) is 26.2 Å². The topological polar surface area (TPSA) is 151 Å². The minimum atomic E-state index is -1.47. The van der Waals surface area contributed by atoms with Crippen LogP contribution in [0.4, 0.5) is 0 Å². The number of likely N-dealkylation sites (tertiary alicyclic amines) is 4. The summed E-state index contributed by atoms with van der Waals surface area (Å²) in [4.78, 5) is 8.94. The SMILES string of the molecule is Cc1cc(CN2CCC[C@H]2C([O-])(c2ccccc2)c2ccccc2)c([O-])c(CN2CCC[C@H]2C([O-])(c2ccccc2)c2ccccc2)c1.Cc1cc(CN2CCC[C@H]2C([O-])(c2ccccc2)c2ccccc2)c([O-])c(CN2CCC[C@H]2C([O-])(c2ccccc2)c2ccccc2)c1.[La+3].[La+3]. The summed E-state index contributed by atoms with van der Waals surface area (Å²) in [5, 5.41) is 89.2. The number of hydrogen-bond acceptors (Lipinski definition) is 10. The summed E-state index contributed by atoms with van der Waals surface area (Å²) in [6.07, 6.45) is 6.67. The van der Waals surface area contributed by atoms with Gasteiger partial charge in [-0.15, -0.1) is 0 Å². The summed E-state index contributed by atoms with van der Waals surface area (Å²) < 4.78 is 0. The summed E-state index contributed by atoms with van der Waals surface area (Å²) in [7, 11) is 0. The van der Waals surface area contributed by atoms with E-state index in [1.54, 1.807) is 0 Å². The van der Waals surface area contributed by atoms with Gasteiger partial charge in [0.25, 0.3) is 0 Å². The van der Waals surface area contributed by atoms with Crippen LogP contribution in [0, 0.1) is 85.0 Å². The minimum Gasteiger partial charge on any atom is -0.872 e. The summed E-state index contributed by atoms with van der Waals surface area (Å²) in [5.74, 6) is 0.0347. The first-order valence-corrected chi connectivity index (χ1v) is 34.6. The quantitative estimate of drug-likeness (QED) is 0.0721. The number of benzene rings is 10. The van der Waals surface area contributed by atoms with Crippen molar-refractivity contribution in [1.29, 1.82) is 0 Å². The van der Waals surface area contributed by atoms with E-state index in [2.05, 4.69) is 19.6 Å². The van der Waals surface area contributed by atoms with E-state index in [9.17, 15) is 10.2 Å². The third kappa shape index (κ3) is 15.0. The second-order valence-electron chi connectivity index (χ2n) is 27.2. The number of aryl methyl sites for hydroxylation is 2. The molecule has 0 bridgehead atoms. The number of rotatable bonds is 20. The first-order valence-electron chi connectivity index (χ1n) is 34.6. The third-order valence-electron chi connectivity index (χ3n) is 21.2. The summed E-state index contributed by atoms with van der Waals surface area (Å²) in [5.41, 5.74) is 5.02. The van der Waals surface area contributed by atoms with E-state index in [0.29, 0.717) is 26.2 Å². The Balaban J connectivity index is 0.000000194. The molecule has 0 aliphatic carbocycles. The molecule has 4 saturated heterocycles. The molecule has 4 fully saturated rings. The van der Waals surface area contributed by atoms with Gasteiger partial charge in [-0.1, -0.05) is 334 Å². The second kappa shape index (κ2) is 32.7. The summed E-state index contributed by atoms with van der Waals surface area (Å²) >= 11 is 0. The van der Waals surface area contributed by atoms with Crippen molar-refractivity contribution in [3.63, 3.8) is 0 Å². The molecule has 492 valence electrons. The van der Waals surface area contributed by atoms with E-state index in [0.717, 1.165) is 155 Å². The van der Waals surface area contributed by atoms with Crippen LogP contribution in [0.5, 0.6) is 11.5 Å². The van der Waals surface area contributed by atoms with Gasteiger partial charge in [-0.25, -0.2) is 0 Å². The van der Waals surface area contributed by atoms with Gasteiger partial charge in [0.05, 0.1) is 0 Å². The fraction of sp³-hybridized carbons (Fsp3) is 0.302. The molecule has 4 aliphatic rings. The Hall–Kier alpha value is -6.13. The van der Waals surface area contributed by atoms with Gasteiger partial charge in [-0.05, 0) is 136 Å². The van der Waals surface area contributed by atoms with Crippen LogP contribution in [0.2, 0.25) is 0 Å². The standard InChI is InChI=1S/2C43H44N2O3.2La/c2*1-32-28-33(30-44-26-14-24-39(44)42(47,35-16-6-2-7-17-35)36-18-8-3-9-19-36)41(46)34(29-32)31-45-27-15-25-40(45)43(48,37-20-10-4-11-21-37)38-22-12-5-13-23-38;;/h2*2-13,16-23,28-29,39-40,46H,14-15,24-27,30-31H2,1H3;;/q2*-2;2*+3/p-2/t2*39-,40-;;/m00../s1. The molecule has 0 unspecified atom stereocenters. The molecular formula is C86H86La2N4O6. The Labute approximate surface area is 635 Å². The monoisotopic (exact) mass is 1550 g/mol. The van der Waals surface area contributed by atoms with Gasteiger partial charge < -0.3 is 30.6 Å². The largest absolute Gasteiger partial charge is 3.00 e. The Kier molecular flexibility index (Phi) is 24.4. The van der Waals surface area contributed by atoms with Gasteiger partial charge >= 0.3 is 71.2 Å². The van der Waals surface area contributed by atoms with E-state index in [1.807, 2.05) is 281 Å². The van der Waals surface area contributed by atoms with Crippen molar-refractivity contribution in [2.45, 2.75) is 138 Å². The molecule has 4 aliphatic heterocycles. The fourth-order valence-electron chi connectivity index (χ4n) is 16.8. The minimum absolute atomic E-state index is 0. The molecule has 14 rings (SSSR count). The van der Waals surface area contributed by atoms with Gasteiger partial charge in [-0.3, -0.25) is 19.6 Å². The normalized spacial score (nSPS) is 18.8. The predicted molar refractivity (Wildman–Crippen MR) is 370 cm³/mol. The molecule has 0 saturated carbocycles. The summed E-state index contributed by atoms with van der Waals surface area (Å²) in [6.45, 7) is 8.80. The van der Waals surface area contributed by atoms with Crippen molar-refractivity contribution in [1.82, 2.24) is 19.6 Å². The van der Waals surface area contributed by atoms with Crippen LogP contribution in [0.3, 0.4) is 0 Å². The molecule has 98 heavy (non-hydrogen) atoms. The molecule has 4 heterocycles. The molecule has 10 nitrogen and oxygen atoms in total. The first kappa shape index (κ1) is 73.1. The van der Waals surface area contributed by atoms with Gasteiger partial charge in [0.15, 0.2) is 0 Å². The molecule has 0 N–H and O–H groups in total. The van der Waals surface area contributed by atoms with Crippen LogP contribution in [0.25, 0.3) is 0 Å². The predicted octanol–water partition coefficient (Wildman–Crippen LogP) is 11.2. The zero-order valence-electron chi connectivity index (χ0n) is 56.4. The Morgan fingerprint density at radius 3 is 0.582 bits per heavy atom. The van der Waals surface area contributed by atoms with Crippen LogP contribution < -0.4 is 30.6 Å². The maximum absolute atomic E-state index is 15.2. The Morgan fingerprint density at radius 2 is 0.429 bits per heavy atom. The van der Waals surface area contributed by atoms with E-state index in [4.69, 9.17) is 0 Å². The van der Waals surface area contributed by atoms with Crippen molar-refractivity contribution in [2.24, 2.45) is 0 Å². The summed E-state index contributed by atoms with van der Waals surface area (Å²) in [6, 6.07) is 84.3. The number of nitrogens with zero attached hydrogens (tertiary/aromatic N) is 4. The van der Waals surface area contributed by atoms with E-state index < -0.39 is 22.4 Å². The maximum Gasteiger partial charge on any atom is 3.00 e. The van der Waals surface area contributed by atoms with Gasteiger partial charge in [0, 0.05) is 50.3 Å². The van der Waals surface area contributed by atoms with Gasteiger partial charge in [0.2, 0.25) is 0 Å². The second-order valence-corrected chi connectivity index (χ2v) is 27.2. The number of hydrogen-bond donors (Lipinski definition) is 0. The third-order valence-corrected chi connectivity index (χ3v) is 21.2. The molecule has 10 aromatic rings. The van der Waals surface area contributed by atoms with Crippen molar-refractivity contribution in [3.05, 3.63) is 345 Å². The van der Waals surface area contributed by atoms with Crippen LogP contribution in [-0.2, 0) is 48.6 Å². The average Bonchev–Trinajstić information content (AvgIpc) is 1.45. The molecular weight excluding hydrogens is 1460 g/mol. The van der Waals surface area contributed by atoms with Crippen molar-refractivity contribution < 1.29 is 102 Å². The molecule has 0 spiro atoms.